The second-order valence-corrected chi connectivity index (χ2v) is 3.86. The number of esters is 1. The van der Waals surface area contributed by atoms with E-state index >= 15 is 0 Å². The second-order valence-electron chi connectivity index (χ2n) is 3.86. The van der Waals surface area contributed by atoms with Crippen molar-refractivity contribution in [3.8, 4) is 17.2 Å². The Labute approximate surface area is 104 Å². The van der Waals surface area contributed by atoms with E-state index in [-0.39, 0.29) is 12.2 Å². The number of aliphatic hydroxyl groups excluding tert-OH is 1. The van der Waals surface area contributed by atoms with Gasteiger partial charge in [0.15, 0.2) is 17.2 Å². The van der Waals surface area contributed by atoms with Crippen LogP contribution in [0.3, 0.4) is 0 Å². The van der Waals surface area contributed by atoms with Gasteiger partial charge in [0.2, 0.25) is 0 Å². The number of aromatic hydroxyl groups is 3. The molecule has 0 amide bonds. The molecule has 0 saturated heterocycles. The topological polar surface area (TPSA) is 107 Å². The lowest BCUT2D eigenvalue weighted by atomic mass is 10.1. The lowest BCUT2D eigenvalue weighted by Crippen LogP contribution is -2.21. The molecule has 4 N–H and O–H groups in total. The van der Waals surface area contributed by atoms with E-state index in [1.807, 2.05) is 6.92 Å². The van der Waals surface area contributed by atoms with E-state index in [0.717, 1.165) is 18.6 Å². The zero-order valence-electron chi connectivity index (χ0n) is 9.96. The number of rotatable bonds is 5. The van der Waals surface area contributed by atoms with E-state index in [2.05, 4.69) is 0 Å². The van der Waals surface area contributed by atoms with Gasteiger partial charge in [0, 0.05) is 0 Å². The molecule has 0 saturated carbocycles. The van der Waals surface area contributed by atoms with Crippen LogP contribution in [-0.2, 0) is 4.74 Å². The normalized spacial score (nSPS) is 12.1. The Kier molecular flexibility index (Phi) is 4.79. The molecule has 100 valence electrons. The molecule has 0 spiro atoms. The van der Waals surface area contributed by atoms with Crippen molar-refractivity contribution in [2.45, 2.75) is 25.9 Å². The fraction of sp³-hybridized carbons (Fsp3) is 0.417. The minimum absolute atomic E-state index is 0.0997. The number of benzene rings is 1. The van der Waals surface area contributed by atoms with Gasteiger partial charge in [-0.1, -0.05) is 13.3 Å². The van der Waals surface area contributed by atoms with Crippen molar-refractivity contribution >= 4 is 5.97 Å². The maximum Gasteiger partial charge on any atom is 0.338 e. The summed E-state index contributed by atoms with van der Waals surface area (Å²) in [7, 11) is 0. The van der Waals surface area contributed by atoms with E-state index in [0.29, 0.717) is 6.42 Å². The van der Waals surface area contributed by atoms with Crippen molar-refractivity contribution in [1.82, 2.24) is 0 Å². The fourth-order valence-corrected chi connectivity index (χ4v) is 1.45. The van der Waals surface area contributed by atoms with Gasteiger partial charge >= 0.3 is 5.97 Å². The zero-order valence-corrected chi connectivity index (χ0v) is 9.96. The molecule has 18 heavy (non-hydrogen) atoms. The third-order valence-corrected chi connectivity index (χ3v) is 2.39. The molecule has 0 fully saturated rings. The van der Waals surface area contributed by atoms with Gasteiger partial charge in [-0.3, -0.25) is 0 Å². The quantitative estimate of drug-likeness (QED) is 0.464. The summed E-state index contributed by atoms with van der Waals surface area (Å²) < 4.78 is 4.98. The summed E-state index contributed by atoms with van der Waals surface area (Å²) in [4.78, 5) is 11.7. The number of hydrogen-bond donors (Lipinski definition) is 4. The van der Waals surface area contributed by atoms with Crippen LogP contribution in [0.25, 0.3) is 0 Å². The van der Waals surface area contributed by atoms with Crippen LogP contribution in [0.5, 0.6) is 17.2 Å². The minimum Gasteiger partial charge on any atom is -0.504 e. The van der Waals surface area contributed by atoms with Crippen LogP contribution in [0.15, 0.2) is 12.1 Å². The third-order valence-electron chi connectivity index (χ3n) is 2.39. The SMILES string of the molecule is CCCC(CO)OC(=O)c1cc(O)c(O)c(O)c1. The summed E-state index contributed by atoms with van der Waals surface area (Å²) in [5.74, 6) is -2.71. The monoisotopic (exact) mass is 256 g/mol. The van der Waals surface area contributed by atoms with Crippen LogP contribution in [0.4, 0.5) is 0 Å². The molecule has 1 aromatic carbocycles. The maximum atomic E-state index is 11.7. The zero-order chi connectivity index (χ0) is 13.7. The molecule has 6 nitrogen and oxygen atoms in total. The van der Waals surface area contributed by atoms with Crippen molar-refractivity contribution in [2.24, 2.45) is 0 Å². The molecule has 0 aliphatic rings. The van der Waals surface area contributed by atoms with Crippen molar-refractivity contribution in [3.05, 3.63) is 17.7 Å². The summed E-state index contributed by atoms with van der Waals surface area (Å²) in [6, 6.07) is 1.97. The van der Waals surface area contributed by atoms with Crippen LogP contribution in [0.1, 0.15) is 30.1 Å². The van der Waals surface area contributed by atoms with Crippen molar-refractivity contribution in [1.29, 1.82) is 0 Å². The standard InChI is InChI=1S/C12H16O6/c1-2-3-8(6-13)18-12(17)7-4-9(14)11(16)10(15)5-7/h4-5,8,13-16H,2-3,6H2,1H3. The average Bonchev–Trinajstić information content (AvgIpc) is 2.34. The first-order valence-electron chi connectivity index (χ1n) is 5.56. The molecule has 0 aliphatic carbocycles. The Balaban J connectivity index is 2.84. The van der Waals surface area contributed by atoms with Gasteiger partial charge in [0.25, 0.3) is 0 Å². The Morgan fingerprint density at radius 1 is 1.28 bits per heavy atom. The summed E-state index contributed by atoms with van der Waals surface area (Å²) >= 11 is 0. The molecule has 0 aromatic heterocycles. The molecular weight excluding hydrogens is 240 g/mol. The van der Waals surface area contributed by atoms with Crippen LogP contribution < -0.4 is 0 Å². The highest BCUT2D eigenvalue weighted by molar-refractivity contribution is 5.91. The number of phenols is 3. The molecule has 0 radical (unpaired) electrons. The highest BCUT2D eigenvalue weighted by Gasteiger charge is 2.18. The first-order valence-corrected chi connectivity index (χ1v) is 5.56. The highest BCUT2D eigenvalue weighted by Crippen LogP contribution is 2.35. The smallest absolute Gasteiger partial charge is 0.338 e. The molecule has 1 rings (SSSR count). The van der Waals surface area contributed by atoms with Crippen molar-refractivity contribution in [3.63, 3.8) is 0 Å². The van der Waals surface area contributed by atoms with Gasteiger partial charge in [-0.2, -0.15) is 0 Å². The lowest BCUT2D eigenvalue weighted by Gasteiger charge is -2.14. The van der Waals surface area contributed by atoms with Crippen LogP contribution in [0, 0.1) is 0 Å². The van der Waals surface area contributed by atoms with Crippen molar-refractivity contribution in [2.75, 3.05) is 6.61 Å². The van der Waals surface area contributed by atoms with Crippen molar-refractivity contribution < 1.29 is 30.0 Å². The summed E-state index contributed by atoms with van der Waals surface area (Å²) in [5.41, 5.74) is -0.0997. The second kappa shape index (κ2) is 6.11. The number of hydrogen-bond acceptors (Lipinski definition) is 6. The van der Waals surface area contributed by atoms with E-state index < -0.39 is 29.3 Å². The van der Waals surface area contributed by atoms with Gasteiger partial charge in [0.1, 0.15) is 6.10 Å². The predicted molar refractivity (Wildman–Crippen MR) is 62.6 cm³/mol. The Hall–Kier alpha value is -1.95. The van der Waals surface area contributed by atoms with Crippen LogP contribution in [-0.4, -0.2) is 39.1 Å². The minimum atomic E-state index is -0.784. The molecule has 1 atom stereocenters. The number of carbonyl (C=O) groups is 1. The molecule has 0 heterocycles. The molecule has 1 aromatic rings. The summed E-state index contributed by atoms with van der Waals surface area (Å²) in [5, 5.41) is 36.6. The van der Waals surface area contributed by atoms with Gasteiger partial charge in [0.05, 0.1) is 12.2 Å². The maximum absolute atomic E-state index is 11.7. The van der Waals surface area contributed by atoms with Gasteiger partial charge < -0.3 is 25.2 Å². The van der Waals surface area contributed by atoms with E-state index in [1.165, 1.54) is 0 Å². The van der Waals surface area contributed by atoms with E-state index in [4.69, 9.17) is 14.9 Å². The average molecular weight is 256 g/mol. The first-order chi connectivity index (χ1) is 8.49. The number of aliphatic hydroxyl groups is 1. The first kappa shape index (κ1) is 14.1. The molecular formula is C12H16O6. The number of ether oxygens (including phenoxy) is 1. The largest absolute Gasteiger partial charge is 0.504 e. The molecule has 0 aliphatic heterocycles. The van der Waals surface area contributed by atoms with Gasteiger partial charge in [-0.15, -0.1) is 0 Å². The van der Waals surface area contributed by atoms with E-state index in [9.17, 15) is 15.0 Å². The molecule has 6 heteroatoms. The summed E-state index contributed by atoms with van der Waals surface area (Å²) in [6.07, 6.45) is 0.628. The Bertz CT molecular complexity index is 406. The highest BCUT2D eigenvalue weighted by atomic mass is 16.6. The molecule has 0 bridgehead atoms. The number of carbonyl (C=O) groups excluding carboxylic acids is 1. The predicted octanol–water partition coefficient (Wildman–Crippen LogP) is 1.12. The van der Waals surface area contributed by atoms with Gasteiger partial charge in [-0.05, 0) is 18.6 Å². The van der Waals surface area contributed by atoms with Crippen LogP contribution in [0.2, 0.25) is 0 Å². The summed E-state index contributed by atoms with van der Waals surface area (Å²) in [6.45, 7) is 1.59. The van der Waals surface area contributed by atoms with Gasteiger partial charge in [-0.25, -0.2) is 4.79 Å². The lowest BCUT2D eigenvalue weighted by molar-refractivity contribution is 0.0112. The van der Waals surface area contributed by atoms with E-state index in [1.54, 1.807) is 0 Å². The Morgan fingerprint density at radius 2 is 1.83 bits per heavy atom. The number of phenolic OH excluding ortho intramolecular Hbond substituents is 3. The Morgan fingerprint density at radius 3 is 2.28 bits per heavy atom. The fourth-order valence-electron chi connectivity index (χ4n) is 1.45. The third kappa shape index (κ3) is 3.27. The van der Waals surface area contributed by atoms with Crippen LogP contribution >= 0.6 is 0 Å². The molecule has 1 unspecified atom stereocenters.